The van der Waals surface area contributed by atoms with Crippen LogP contribution in [0.3, 0.4) is 0 Å². The number of alkyl halides is 3. The van der Waals surface area contributed by atoms with Crippen molar-refractivity contribution in [2.75, 3.05) is 20.3 Å². The highest BCUT2D eigenvalue weighted by Crippen LogP contribution is 2.37. The van der Waals surface area contributed by atoms with Crippen molar-refractivity contribution in [2.24, 2.45) is 5.16 Å². The topological polar surface area (TPSA) is 95.2 Å². The molecule has 10 heteroatoms. The number of halogens is 3. The lowest BCUT2D eigenvalue weighted by Gasteiger charge is -2.23. The Morgan fingerprint density at radius 1 is 1.31 bits per heavy atom. The average Bonchev–Trinajstić information content (AvgIpc) is 3.16. The van der Waals surface area contributed by atoms with Crippen LogP contribution in [0.5, 0.6) is 5.75 Å². The van der Waals surface area contributed by atoms with Crippen LogP contribution in [0.4, 0.5) is 13.2 Å². The molecule has 1 saturated heterocycles. The van der Waals surface area contributed by atoms with Gasteiger partial charge >= 0.3 is 6.36 Å². The molecule has 1 heterocycles. The number of aliphatic hydroxyl groups excluding tert-OH is 1. The van der Waals surface area contributed by atoms with Crippen LogP contribution in [0.15, 0.2) is 41.6 Å². The first-order chi connectivity index (χ1) is 15.2. The quantitative estimate of drug-likeness (QED) is 0.707. The van der Waals surface area contributed by atoms with Gasteiger partial charge in [0.2, 0.25) is 0 Å². The monoisotopic (exact) mass is 447 g/mol. The Bertz CT molecular complexity index is 1090. The molecule has 7 nitrogen and oxygen atoms in total. The lowest BCUT2D eigenvalue weighted by atomic mass is 9.95. The number of hydrogen-bond donors (Lipinski definition) is 1. The molecule has 3 rings (SSSR count). The molecule has 0 bridgehead atoms. The molecule has 1 atom stereocenters. The number of nitrogens with zero attached hydrogens (tertiary/aromatic N) is 3. The normalized spacial score (nSPS) is 17.3. The average molecular weight is 447 g/mol. The standard InChI is InChI=1S/C22H20F3N3O4/c1-13-15(10-26)4-3-5-18(13)19-7-6-14(8-20(19)32-22(23,24)25)21(30)28-11-16(27-31-2)9-17(28)12-29/h3-8,17,29H,9,11-12H2,1-2H3/b27-16-/t17-/m0/s1. The number of nitriles is 1. The van der Waals surface area contributed by atoms with Crippen molar-refractivity contribution in [1.82, 2.24) is 4.90 Å². The van der Waals surface area contributed by atoms with Gasteiger partial charge in [0.15, 0.2) is 0 Å². The molecule has 1 amide bonds. The Morgan fingerprint density at radius 3 is 2.69 bits per heavy atom. The van der Waals surface area contributed by atoms with E-state index in [-0.39, 0.29) is 24.3 Å². The number of likely N-dealkylation sites (tertiary alicyclic amines) is 1. The van der Waals surface area contributed by atoms with Gasteiger partial charge in [-0.3, -0.25) is 4.79 Å². The Labute approximate surface area is 182 Å². The third-order valence-electron chi connectivity index (χ3n) is 5.16. The molecular weight excluding hydrogens is 427 g/mol. The van der Waals surface area contributed by atoms with Crippen LogP contribution in [-0.2, 0) is 4.84 Å². The largest absolute Gasteiger partial charge is 0.573 e. The highest BCUT2D eigenvalue weighted by atomic mass is 19.4. The van der Waals surface area contributed by atoms with Gasteiger partial charge in [-0.05, 0) is 42.3 Å². The summed E-state index contributed by atoms with van der Waals surface area (Å²) in [4.78, 5) is 19.1. The third-order valence-corrected chi connectivity index (χ3v) is 5.16. The minimum Gasteiger partial charge on any atom is -0.405 e. The van der Waals surface area contributed by atoms with E-state index in [0.717, 1.165) is 6.07 Å². The summed E-state index contributed by atoms with van der Waals surface area (Å²) in [5, 5.41) is 22.7. The van der Waals surface area contributed by atoms with E-state index in [1.54, 1.807) is 25.1 Å². The molecule has 0 radical (unpaired) electrons. The highest BCUT2D eigenvalue weighted by molar-refractivity contribution is 6.01. The number of hydrogen-bond acceptors (Lipinski definition) is 6. The van der Waals surface area contributed by atoms with Crippen LogP contribution in [-0.4, -0.2) is 54.3 Å². The van der Waals surface area contributed by atoms with E-state index in [2.05, 4.69) is 9.89 Å². The van der Waals surface area contributed by atoms with E-state index < -0.39 is 24.1 Å². The van der Waals surface area contributed by atoms with Crippen molar-refractivity contribution >= 4 is 11.6 Å². The van der Waals surface area contributed by atoms with Crippen molar-refractivity contribution in [3.63, 3.8) is 0 Å². The van der Waals surface area contributed by atoms with Crippen LogP contribution in [0.1, 0.15) is 27.9 Å². The molecule has 32 heavy (non-hydrogen) atoms. The van der Waals surface area contributed by atoms with Crippen molar-refractivity contribution in [3.05, 3.63) is 53.1 Å². The highest BCUT2D eigenvalue weighted by Gasteiger charge is 2.35. The lowest BCUT2D eigenvalue weighted by Crippen LogP contribution is -2.37. The van der Waals surface area contributed by atoms with Crippen LogP contribution in [0.25, 0.3) is 11.1 Å². The van der Waals surface area contributed by atoms with E-state index in [1.165, 1.54) is 24.1 Å². The second-order valence-corrected chi connectivity index (χ2v) is 7.16. The number of aliphatic hydroxyl groups is 1. The van der Waals surface area contributed by atoms with Gasteiger partial charge in [0.25, 0.3) is 5.91 Å². The van der Waals surface area contributed by atoms with Crippen molar-refractivity contribution in [1.29, 1.82) is 5.26 Å². The summed E-state index contributed by atoms with van der Waals surface area (Å²) in [5.74, 6) is -1.14. The van der Waals surface area contributed by atoms with Gasteiger partial charge in [0.1, 0.15) is 12.9 Å². The Morgan fingerprint density at radius 2 is 2.06 bits per heavy atom. The van der Waals surface area contributed by atoms with Gasteiger partial charge in [-0.25, -0.2) is 0 Å². The molecule has 2 aromatic carbocycles. The van der Waals surface area contributed by atoms with Gasteiger partial charge < -0.3 is 19.6 Å². The molecule has 0 unspecified atom stereocenters. The summed E-state index contributed by atoms with van der Waals surface area (Å²) in [6.45, 7) is 1.37. The Hall–Kier alpha value is -3.58. The van der Waals surface area contributed by atoms with Gasteiger partial charge in [0, 0.05) is 17.5 Å². The predicted molar refractivity (Wildman–Crippen MR) is 109 cm³/mol. The zero-order valence-electron chi connectivity index (χ0n) is 17.3. The van der Waals surface area contributed by atoms with Gasteiger partial charge in [-0.15, -0.1) is 13.2 Å². The fraction of sp³-hybridized carbons (Fsp3) is 0.318. The number of benzene rings is 2. The first-order valence-electron chi connectivity index (χ1n) is 9.59. The Kier molecular flexibility index (Phi) is 6.69. The molecule has 0 aromatic heterocycles. The second-order valence-electron chi connectivity index (χ2n) is 7.16. The minimum atomic E-state index is -4.99. The molecule has 0 aliphatic carbocycles. The SMILES string of the molecule is CO/N=C1/C[C@@H](CO)N(C(=O)c2ccc(-c3cccc(C#N)c3C)c(OC(F)(F)F)c2)C1. The van der Waals surface area contributed by atoms with Gasteiger partial charge in [-0.1, -0.05) is 17.3 Å². The minimum absolute atomic E-state index is 0.0424. The molecule has 2 aromatic rings. The van der Waals surface area contributed by atoms with E-state index >= 15 is 0 Å². The molecule has 1 N–H and O–H groups in total. The van der Waals surface area contributed by atoms with Crippen LogP contribution < -0.4 is 4.74 Å². The third kappa shape index (κ3) is 4.84. The number of carbonyl (C=O) groups is 1. The molecular formula is C22H20F3N3O4. The lowest BCUT2D eigenvalue weighted by molar-refractivity contribution is -0.274. The van der Waals surface area contributed by atoms with E-state index in [4.69, 9.17) is 4.84 Å². The molecule has 0 spiro atoms. The van der Waals surface area contributed by atoms with Crippen LogP contribution in [0.2, 0.25) is 0 Å². The van der Waals surface area contributed by atoms with E-state index in [9.17, 15) is 28.3 Å². The summed E-state index contributed by atoms with van der Waals surface area (Å²) in [7, 11) is 1.36. The van der Waals surface area contributed by atoms with Crippen LogP contribution in [0, 0.1) is 18.3 Å². The van der Waals surface area contributed by atoms with Crippen molar-refractivity contribution < 1.29 is 32.6 Å². The second kappa shape index (κ2) is 9.28. The molecule has 1 aliphatic heterocycles. The smallest absolute Gasteiger partial charge is 0.405 e. The zero-order chi connectivity index (χ0) is 23.5. The first kappa shape index (κ1) is 23.1. The number of ether oxygens (including phenoxy) is 1. The van der Waals surface area contributed by atoms with E-state index in [1.807, 2.05) is 6.07 Å². The summed E-state index contributed by atoms with van der Waals surface area (Å²) in [5.41, 5.74) is 1.77. The number of amides is 1. The van der Waals surface area contributed by atoms with Crippen LogP contribution >= 0.6 is 0 Å². The van der Waals surface area contributed by atoms with Gasteiger partial charge in [0.05, 0.1) is 36.5 Å². The molecule has 1 aliphatic rings. The molecule has 0 saturated carbocycles. The zero-order valence-corrected chi connectivity index (χ0v) is 17.3. The molecule has 1 fully saturated rings. The fourth-order valence-corrected chi connectivity index (χ4v) is 3.67. The van der Waals surface area contributed by atoms with Crippen molar-refractivity contribution in [3.8, 4) is 22.9 Å². The van der Waals surface area contributed by atoms with Crippen molar-refractivity contribution in [2.45, 2.75) is 25.7 Å². The van der Waals surface area contributed by atoms with Gasteiger partial charge in [-0.2, -0.15) is 5.26 Å². The number of oxime groups is 1. The molecule has 168 valence electrons. The maximum absolute atomic E-state index is 13.1. The summed E-state index contributed by atoms with van der Waals surface area (Å²) >= 11 is 0. The first-order valence-corrected chi connectivity index (χ1v) is 9.59. The summed E-state index contributed by atoms with van der Waals surface area (Å²) in [6.07, 6.45) is -4.70. The number of carbonyl (C=O) groups excluding carboxylic acids is 1. The van der Waals surface area contributed by atoms with E-state index in [0.29, 0.717) is 28.8 Å². The predicted octanol–water partition coefficient (Wildman–Crippen LogP) is 3.64. The number of rotatable bonds is 5. The fourth-order valence-electron chi connectivity index (χ4n) is 3.67. The summed E-state index contributed by atoms with van der Waals surface area (Å²) < 4.78 is 43.6. The Balaban J connectivity index is 2.05. The maximum Gasteiger partial charge on any atom is 0.573 e. The maximum atomic E-state index is 13.1. The summed E-state index contributed by atoms with van der Waals surface area (Å²) in [6, 6.07) is 9.88.